The number of hydrogen-bond donors (Lipinski definition) is 2. The van der Waals surface area contributed by atoms with Crippen molar-refractivity contribution < 1.29 is 15.0 Å². The topological polar surface area (TPSA) is 139 Å². The molecule has 28 heavy (non-hydrogen) atoms. The summed E-state index contributed by atoms with van der Waals surface area (Å²) in [6.07, 6.45) is 2.67. The molecule has 0 bridgehead atoms. The number of rotatable bonds is 3. The molecule has 1 aromatic carbocycles. The maximum atomic E-state index is 12.8. The Labute approximate surface area is 165 Å². The molecule has 1 aliphatic rings. The standard InChI is InChI=1S/C18H15ClN6O3/c1-24(18-23-22-14-4-2-3-5-25(14)18)17(28)12(9-21)15(26)10-6-11(8-20)16(27)13(19)7-10/h6-7,26-27H,2-5H2,1H3/b15-12-. The number of fused-ring (bicyclic) bond motifs is 1. The molecule has 0 aliphatic carbocycles. The number of hydrogen-bond acceptors (Lipinski definition) is 7. The van der Waals surface area contributed by atoms with Gasteiger partial charge in [-0.3, -0.25) is 14.3 Å². The molecule has 3 rings (SSSR count). The first-order chi connectivity index (χ1) is 13.4. The van der Waals surface area contributed by atoms with Crippen LogP contribution in [0.5, 0.6) is 5.75 Å². The predicted molar refractivity (Wildman–Crippen MR) is 99.4 cm³/mol. The van der Waals surface area contributed by atoms with Crippen LogP contribution in [0.2, 0.25) is 5.02 Å². The van der Waals surface area contributed by atoms with Crippen LogP contribution in [-0.2, 0) is 17.8 Å². The van der Waals surface area contributed by atoms with Crippen molar-refractivity contribution in [1.29, 1.82) is 10.5 Å². The minimum Gasteiger partial charge on any atom is -0.506 e. The number of phenols is 1. The number of likely N-dealkylation sites (N-methyl/N-ethyl adjacent to an activating group) is 1. The molecular formula is C18H15ClN6O3. The number of aliphatic hydroxyl groups excluding tert-OH is 1. The van der Waals surface area contributed by atoms with Crippen molar-refractivity contribution in [2.24, 2.45) is 0 Å². The van der Waals surface area contributed by atoms with E-state index >= 15 is 0 Å². The Bertz CT molecular complexity index is 1080. The number of carbonyl (C=O) groups is 1. The third-order valence-corrected chi connectivity index (χ3v) is 4.75. The van der Waals surface area contributed by atoms with Crippen LogP contribution in [0, 0.1) is 22.7 Å². The number of anilines is 1. The fourth-order valence-corrected chi connectivity index (χ4v) is 3.19. The zero-order valence-electron chi connectivity index (χ0n) is 14.8. The number of phenolic OH excluding ortho intramolecular Hbond substituents is 1. The number of nitrogens with zero attached hydrogens (tertiary/aromatic N) is 6. The first-order valence-electron chi connectivity index (χ1n) is 8.35. The summed E-state index contributed by atoms with van der Waals surface area (Å²) < 4.78 is 1.80. The average molecular weight is 399 g/mol. The Balaban J connectivity index is 2.02. The quantitative estimate of drug-likeness (QED) is 0.459. The molecule has 0 saturated heterocycles. The fraction of sp³-hybridized carbons (Fsp3) is 0.278. The van der Waals surface area contributed by atoms with Gasteiger partial charge in [-0.25, -0.2) is 0 Å². The van der Waals surface area contributed by atoms with E-state index in [0.29, 0.717) is 6.54 Å². The molecule has 10 heteroatoms. The molecule has 2 aromatic rings. The molecule has 1 amide bonds. The van der Waals surface area contributed by atoms with Gasteiger partial charge in [-0.05, 0) is 25.0 Å². The molecule has 0 unspecified atom stereocenters. The lowest BCUT2D eigenvalue weighted by atomic mass is 10.0. The van der Waals surface area contributed by atoms with Crippen LogP contribution in [0.3, 0.4) is 0 Å². The van der Waals surface area contributed by atoms with Crippen molar-refractivity contribution in [3.05, 3.63) is 39.7 Å². The van der Waals surface area contributed by atoms with Crippen LogP contribution >= 0.6 is 11.6 Å². The van der Waals surface area contributed by atoms with Crippen molar-refractivity contribution >= 4 is 29.2 Å². The van der Waals surface area contributed by atoms with Crippen LogP contribution in [0.1, 0.15) is 29.8 Å². The maximum absolute atomic E-state index is 12.8. The summed E-state index contributed by atoms with van der Waals surface area (Å²) in [5.41, 5.74) is -0.791. The molecule has 1 aromatic heterocycles. The number of halogens is 1. The van der Waals surface area contributed by atoms with E-state index in [1.54, 1.807) is 16.7 Å². The lowest BCUT2D eigenvalue weighted by Gasteiger charge is -2.20. The van der Waals surface area contributed by atoms with Crippen molar-refractivity contribution in [3.8, 4) is 17.9 Å². The third-order valence-electron chi connectivity index (χ3n) is 4.46. The molecular weight excluding hydrogens is 384 g/mol. The highest BCUT2D eigenvalue weighted by Crippen LogP contribution is 2.32. The zero-order chi connectivity index (χ0) is 20.4. The molecule has 0 fully saturated rings. The van der Waals surface area contributed by atoms with E-state index < -0.39 is 23.0 Å². The summed E-state index contributed by atoms with van der Waals surface area (Å²) in [6, 6.07) is 5.72. The fourth-order valence-electron chi connectivity index (χ4n) is 2.97. The summed E-state index contributed by atoms with van der Waals surface area (Å²) in [4.78, 5) is 14.0. The first-order valence-corrected chi connectivity index (χ1v) is 8.73. The molecule has 1 aliphatic heterocycles. The second-order valence-electron chi connectivity index (χ2n) is 6.19. The van der Waals surface area contributed by atoms with Crippen molar-refractivity contribution in [2.75, 3.05) is 11.9 Å². The summed E-state index contributed by atoms with van der Waals surface area (Å²) in [5.74, 6) is -0.851. The third kappa shape index (κ3) is 3.24. The SMILES string of the molecule is CN(C(=O)/C(C#N)=C(\O)c1cc(Cl)c(O)c(C#N)c1)c1nnc2n1CCCC2. The smallest absolute Gasteiger partial charge is 0.274 e. The molecule has 9 nitrogen and oxygen atoms in total. The second-order valence-corrected chi connectivity index (χ2v) is 6.60. The number of aromatic hydroxyl groups is 1. The lowest BCUT2D eigenvalue weighted by Crippen LogP contribution is -2.31. The Morgan fingerprint density at radius 2 is 2.07 bits per heavy atom. The lowest BCUT2D eigenvalue weighted by molar-refractivity contribution is -0.114. The van der Waals surface area contributed by atoms with Gasteiger partial charge in [-0.2, -0.15) is 10.5 Å². The van der Waals surface area contributed by atoms with E-state index in [-0.39, 0.29) is 22.1 Å². The van der Waals surface area contributed by atoms with Crippen LogP contribution in [0.25, 0.3) is 5.76 Å². The van der Waals surface area contributed by atoms with E-state index in [1.165, 1.54) is 7.05 Å². The van der Waals surface area contributed by atoms with Crippen LogP contribution in [0.15, 0.2) is 17.7 Å². The Hall–Kier alpha value is -3.56. The second kappa shape index (κ2) is 7.59. The Morgan fingerprint density at radius 1 is 1.32 bits per heavy atom. The maximum Gasteiger partial charge on any atom is 0.274 e. The summed E-state index contributed by atoms with van der Waals surface area (Å²) >= 11 is 5.86. The van der Waals surface area contributed by atoms with E-state index in [1.807, 2.05) is 0 Å². The van der Waals surface area contributed by atoms with Crippen molar-refractivity contribution in [1.82, 2.24) is 14.8 Å². The molecule has 2 heterocycles. The number of nitriles is 2. The summed E-state index contributed by atoms with van der Waals surface area (Å²) in [5, 5.41) is 46.6. The number of aryl methyl sites for hydroxylation is 1. The van der Waals surface area contributed by atoms with Crippen LogP contribution in [0.4, 0.5) is 5.95 Å². The molecule has 0 saturated carbocycles. The number of aromatic nitrogens is 3. The van der Waals surface area contributed by atoms with Gasteiger partial charge >= 0.3 is 0 Å². The van der Waals surface area contributed by atoms with E-state index in [9.17, 15) is 20.3 Å². The van der Waals surface area contributed by atoms with E-state index in [0.717, 1.165) is 42.1 Å². The monoisotopic (exact) mass is 398 g/mol. The Kier molecular flexibility index (Phi) is 5.21. The molecule has 142 valence electrons. The van der Waals surface area contributed by atoms with Gasteiger partial charge in [0, 0.05) is 25.6 Å². The minimum atomic E-state index is -0.788. The van der Waals surface area contributed by atoms with Crippen LogP contribution < -0.4 is 4.90 Å². The van der Waals surface area contributed by atoms with Gasteiger partial charge in [0.15, 0.2) is 11.3 Å². The summed E-state index contributed by atoms with van der Waals surface area (Å²) in [7, 11) is 1.43. The van der Waals surface area contributed by atoms with Crippen molar-refractivity contribution in [3.63, 3.8) is 0 Å². The normalized spacial score (nSPS) is 13.7. The Morgan fingerprint density at radius 3 is 2.75 bits per heavy atom. The van der Waals surface area contributed by atoms with Gasteiger partial charge in [0.25, 0.3) is 5.91 Å². The number of carbonyl (C=O) groups excluding carboxylic acids is 1. The molecule has 0 atom stereocenters. The first kappa shape index (κ1) is 19.2. The number of amides is 1. The van der Waals surface area contributed by atoms with E-state index in [2.05, 4.69) is 10.2 Å². The van der Waals surface area contributed by atoms with Crippen molar-refractivity contribution in [2.45, 2.75) is 25.8 Å². The highest BCUT2D eigenvalue weighted by Gasteiger charge is 2.27. The predicted octanol–water partition coefficient (Wildman–Crippen LogP) is 2.30. The van der Waals surface area contributed by atoms with Gasteiger partial charge < -0.3 is 10.2 Å². The number of aliphatic hydroxyl groups is 1. The molecule has 0 spiro atoms. The van der Waals surface area contributed by atoms with Gasteiger partial charge in [-0.1, -0.05) is 11.6 Å². The summed E-state index contributed by atoms with van der Waals surface area (Å²) in [6.45, 7) is 0.659. The number of benzene rings is 1. The van der Waals surface area contributed by atoms with Gasteiger partial charge in [0.2, 0.25) is 5.95 Å². The highest BCUT2D eigenvalue weighted by atomic mass is 35.5. The van der Waals surface area contributed by atoms with Gasteiger partial charge in [0.05, 0.1) is 10.6 Å². The van der Waals surface area contributed by atoms with Crippen LogP contribution in [-0.4, -0.2) is 37.9 Å². The highest BCUT2D eigenvalue weighted by molar-refractivity contribution is 6.32. The van der Waals surface area contributed by atoms with Gasteiger partial charge in [0.1, 0.15) is 23.7 Å². The molecule has 0 radical (unpaired) electrons. The average Bonchev–Trinajstić information content (AvgIpc) is 3.13. The minimum absolute atomic E-state index is 0.0408. The van der Waals surface area contributed by atoms with Gasteiger partial charge in [-0.15, -0.1) is 10.2 Å². The zero-order valence-corrected chi connectivity index (χ0v) is 15.6. The largest absolute Gasteiger partial charge is 0.506 e. The molecule has 2 N–H and O–H groups in total. The van der Waals surface area contributed by atoms with E-state index in [4.69, 9.17) is 16.9 Å².